The SMILES string of the molecule is CCSCc1ccc(C(F)(F)F)cc1O. The molecule has 0 aliphatic carbocycles. The van der Waals surface area contributed by atoms with Crippen LogP contribution in [0.25, 0.3) is 0 Å². The van der Waals surface area contributed by atoms with Gasteiger partial charge in [0.25, 0.3) is 0 Å². The second kappa shape index (κ2) is 4.79. The second-order valence-corrected chi connectivity index (χ2v) is 4.25. The molecule has 15 heavy (non-hydrogen) atoms. The van der Waals surface area contributed by atoms with E-state index in [4.69, 9.17) is 0 Å². The van der Waals surface area contributed by atoms with Crippen molar-refractivity contribution in [2.45, 2.75) is 18.9 Å². The highest BCUT2D eigenvalue weighted by atomic mass is 32.2. The van der Waals surface area contributed by atoms with Crippen molar-refractivity contribution in [3.63, 3.8) is 0 Å². The highest BCUT2D eigenvalue weighted by Crippen LogP contribution is 2.33. The van der Waals surface area contributed by atoms with E-state index in [1.165, 1.54) is 6.07 Å². The van der Waals surface area contributed by atoms with Gasteiger partial charge in [-0.15, -0.1) is 0 Å². The number of thioether (sulfide) groups is 1. The molecule has 0 aliphatic rings. The molecule has 1 aromatic carbocycles. The Morgan fingerprint density at radius 1 is 1.33 bits per heavy atom. The van der Waals surface area contributed by atoms with Crippen LogP contribution in [0.5, 0.6) is 5.75 Å². The van der Waals surface area contributed by atoms with Crippen molar-refractivity contribution < 1.29 is 18.3 Å². The van der Waals surface area contributed by atoms with Gasteiger partial charge >= 0.3 is 6.18 Å². The highest BCUT2D eigenvalue weighted by molar-refractivity contribution is 7.98. The maximum Gasteiger partial charge on any atom is 0.416 e. The minimum Gasteiger partial charge on any atom is -0.508 e. The van der Waals surface area contributed by atoms with Crippen LogP contribution in [0.4, 0.5) is 13.2 Å². The molecule has 0 bridgehead atoms. The highest BCUT2D eigenvalue weighted by Gasteiger charge is 2.30. The van der Waals surface area contributed by atoms with Crippen molar-refractivity contribution >= 4 is 11.8 Å². The lowest BCUT2D eigenvalue weighted by molar-refractivity contribution is -0.137. The molecular formula is C10H11F3OS. The topological polar surface area (TPSA) is 20.2 Å². The average molecular weight is 236 g/mol. The van der Waals surface area contributed by atoms with E-state index in [0.717, 1.165) is 17.9 Å². The lowest BCUT2D eigenvalue weighted by Gasteiger charge is -2.09. The third-order valence-corrected chi connectivity index (χ3v) is 2.80. The van der Waals surface area contributed by atoms with Crippen molar-refractivity contribution in [1.29, 1.82) is 0 Å². The zero-order valence-corrected chi connectivity index (χ0v) is 8.95. The van der Waals surface area contributed by atoms with Crippen molar-refractivity contribution in [2.75, 3.05) is 5.75 Å². The Kier molecular flexibility index (Phi) is 3.90. The van der Waals surface area contributed by atoms with Crippen LogP contribution in [-0.4, -0.2) is 10.9 Å². The Balaban J connectivity index is 2.88. The van der Waals surface area contributed by atoms with E-state index in [2.05, 4.69) is 0 Å². The molecular weight excluding hydrogens is 225 g/mol. The molecule has 0 heterocycles. The number of rotatable bonds is 3. The summed E-state index contributed by atoms with van der Waals surface area (Å²) in [7, 11) is 0. The summed E-state index contributed by atoms with van der Waals surface area (Å²) >= 11 is 1.55. The maximum absolute atomic E-state index is 12.2. The van der Waals surface area contributed by atoms with Crippen LogP contribution in [0.2, 0.25) is 0 Å². The molecule has 0 saturated heterocycles. The smallest absolute Gasteiger partial charge is 0.416 e. The van der Waals surface area contributed by atoms with Gasteiger partial charge in [0, 0.05) is 11.3 Å². The molecule has 1 aromatic rings. The standard InChI is InChI=1S/C10H11F3OS/c1-2-15-6-7-3-4-8(5-9(7)14)10(11,12)13/h3-5,14H,2,6H2,1H3. The van der Waals surface area contributed by atoms with Crippen LogP contribution >= 0.6 is 11.8 Å². The van der Waals surface area contributed by atoms with Crippen LogP contribution < -0.4 is 0 Å². The lowest BCUT2D eigenvalue weighted by atomic mass is 10.1. The van der Waals surface area contributed by atoms with Crippen LogP contribution in [0.1, 0.15) is 18.1 Å². The van der Waals surface area contributed by atoms with E-state index in [-0.39, 0.29) is 5.75 Å². The number of halogens is 3. The van der Waals surface area contributed by atoms with Gasteiger partial charge in [-0.1, -0.05) is 13.0 Å². The average Bonchev–Trinajstić information content (AvgIpc) is 2.14. The first-order valence-electron chi connectivity index (χ1n) is 4.42. The minimum atomic E-state index is -4.39. The Bertz CT molecular complexity index is 336. The number of phenols is 1. The van der Waals surface area contributed by atoms with Gasteiger partial charge in [0.15, 0.2) is 0 Å². The van der Waals surface area contributed by atoms with Crippen LogP contribution in [0, 0.1) is 0 Å². The molecule has 0 radical (unpaired) electrons. The van der Waals surface area contributed by atoms with E-state index in [1.807, 2.05) is 6.92 Å². The largest absolute Gasteiger partial charge is 0.508 e. The Labute approximate surface area is 90.3 Å². The predicted octanol–water partition coefficient (Wildman–Crippen LogP) is 3.66. The zero-order valence-electron chi connectivity index (χ0n) is 8.14. The monoisotopic (exact) mass is 236 g/mol. The molecule has 0 amide bonds. The van der Waals surface area contributed by atoms with E-state index >= 15 is 0 Å². The first-order valence-corrected chi connectivity index (χ1v) is 5.57. The van der Waals surface area contributed by atoms with Crippen LogP contribution in [0.15, 0.2) is 18.2 Å². The van der Waals surface area contributed by atoms with E-state index in [0.29, 0.717) is 11.3 Å². The summed E-state index contributed by atoms with van der Waals surface area (Å²) in [5.74, 6) is 1.10. The van der Waals surface area contributed by atoms with Crippen LogP contribution in [-0.2, 0) is 11.9 Å². The maximum atomic E-state index is 12.2. The Morgan fingerprint density at radius 3 is 2.47 bits per heavy atom. The zero-order chi connectivity index (χ0) is 11.5. The van der Waals surface area contributed by atoms with Gasteiger partial charge in [0.2, 0.25) is 0 Å². The quantitative estimate of drug-likeness (QED) is 0.864. The first kappa shape index (κ1) is 12.2. The van der Waals surface area contributed by atoms with Crippen molar-refractivity contribution in [2.24, 2.45) is 0 Å². The third-order valence-electron chi connectivity index (χ3n) is 1.87. The normalized spacial score (nSPS) is 11.7. The number of aromatic hydroxyl groups is 1. The van der Waals surface area contributed by atoms with E-state index in [9.17, 15) is 18.3 Å². The molecule has 0 spiro atoms. The number of benzene rings is 1. The summed E-state index contributed by atoms with van der Waals surface area (Å²) in [4.78, 5) is 0. The van der Waals surface area contributed by atoms with Gasteiger partial charge in [0.05, 0.1) is 5.56 Å². The molecule has 1 N–H and O–H groups in total. The molecule has 0 aliphatic heterocycles. The number of alkyl halides is 3. The van der Waals surface area contributed by atoms with Crippen molar-refractivity contribution in [3.8, 4) is 5.75 Å². The summed E-state index contributed by atoms with van der Waals surface area (Å²) in [5.41, 5.74) is -0.278. The summed E-state index contributed by atoms with van der Waals surface area (Å²) < 4.78 is 36.7. The second-order valence-electron chi connectivity index (χ2n) is 2.98. The third kappa shape index (κ3) is 3.34. The van der Waals surface area contributed by atoms with E-state index < -0.39 is 11.7 Å². The number of hydrogen-bond donors (Lipinski definition) is 1. The van der Waals surface area contributed by atoms with Gasteiger partial charge in [-0.3, -0.25) is 0 Å². The molecule has 0 fully saturated rings. The van der Waals surface area contributed by atoms with Gasteiger partial charge in [0.1, 0.15) is 5.75 Å². The van der Waals surface area contributed by atoms with Crippen LogP contribution in [0.3, 0.4) is 0 Å². The predicted molar refractivity (Wildman–Crippen MR) is 54.9 cm³/mol. The van der Waals surface area contributed by atoms with Gasteiger partial charge in [-0.25, -0.2) is 0 Å². The molecule has 84 valence electrons. The van der Waals surface area contributed by atoms with Gasteiger partial charge in [-0.05, 0) is 17.9 Å². The van der Waals surface area contributed by atoms with Crippen molar-refractivity contribution in [1.82, 2.24) is 0 Å². The fourth-order valence-corrected chi connectivity index (χ4v) is 1.74. The summed E-state index contributed by atoms with van der Waals surface area (Å²) in [5, 5.41) is 9.37. The summed E-state index contributed by atoms with van der Waals surface area (Å²) in [6.07, 6.45) is -4.39. The summed E-state index contributed by atoms with van der Waals surface area (Å²) in [6, 6.07) is 3.08. The fourth-order valence-electron chi connectivity index (χ4n) is 1.07. The Morgan fingerprint density at radius 2 is 2.00 bits per heavy atom. The molecule has 0 saturated carbocycles. The van der Waals surface area contributed by atoms with E-state index in [1.54, 1.807) is 11.8 Å². The lowest BCUT2D eigenvalue weighted by Crippen LogP contribution is -2.04. The van der Waals surface area contributed by atoms with Gasteiger partial charge < -0.3 is 5.11 Å². The molecule has 5 heteroatoms. The molecule has 0 atom stereocenters. The molecule has 0 unspecified atom stereocenters. The fraction of sp³-hybridized carbons (Fsp3) is 0.400. The van der Waals surface area contributed by atoms with Gasteiger partial charge in [-0.2, -0.15) is 24.9 Å². The Hall–Kier alpha value is -0.840. The molecule has 1 nitrogen and oxygen atoms in total. The number of phenolic OH excluding ortho intramolecular Hbond substituents is 1. The van der Waals surface area contributed by atoms with Crippen molar-refractivity contribution in [3.05, 3.63) is 29.3 Å². The molecule has 0 aromatic heterocycles. The first-order chi connectivity index (χ1) is 6.95. The molecule has 1 rings (SSSR count). The summed E-state index contributed by atoms with van der Waals surface area (Å²) in [6.45, 7) is 1.95. The minimum absolute atomic E-state index is 0.286. The number of hydrogen-bond acceptors (Lipinski definition) is 2.